The fourth-order valence-corrected chi connectivity index (χ4v) is 6.67. The highest BCUT2D eigenvalue weighted by Gasteiger charge is 2.44. The van der Waals surface area contributed by atoms with Gasteiger partial charge in [-0.05, 0) is 52.5 Å². The lowest BCUT2D eigenvalue weighted by Crippen LogP contribution is -2.55. The molecule has 1 N–H and O–H groups in total. The Balaban J connectivity index is 1.65. The molecular formula is C42H56O8Si. The molecule has 4 aromatic rings. The summed E-state index contributed by atoms with van der Waals surface area (Å²) in [6, 6.07) is 35.6. The van der Waals surface area contributed by atoms with Gasteiger partial charge in [-0.3, -0.25) is 0 Å². The summed E-state index contributed by atoms with van der Waals surface area (Å²) in [5.74, 6) is 1.25. The van der Waals surface area contributed by atoms with Crippen LogP contribution in [0.2, 0.25) is 18.1 Å². The van der Waals surface area contributed by atoms with E-state index in [0.29, 0.717) is 24.7 Å². The van der Waals surface area contributed by atoms with Gasteiger partial charge in [0.1, 0.15) is 18.3 Å². The third-order valence-electron chi connectivity index (χ3n) is 9.29. The van der Waals surface area contributed by atoms with Crippen molar-refractivity contribution in [3.8, 4) is 11.5 Å². The van der Waals surface area contributed by atoms with E-state index in [4.69, 9.17) is 32.8 Å². The molecule has 9 heteroatoms. The topological polar surface area (TPSA) is 84.8 Å². The normalized spacial score (nSPS) is 14.4. The van der Waals surface area contributed by atoms with Gasteiger partial charge in [0, 0.05) is 0 Å². The maximum Gasteiger partial charge on any atom is 0.192 e. The first kappa shape index (κ1) is 40.2. The Kier molecular flexibility index (Phi) is 15.7. The van der Waals surface area contributed by atoms with Crippen molar-refractivity contribution in [3.05, 3.63) is 131 Å². The molecule has 0 aliphatic rings. The predicted molar refractivity (Wildman–Crippen MR) is 203 cm³/mol. The standard InChI is InChI=1S/C42H56O8Si/c1-42(2,3)51(6,7)50-39(31-47-26-32-17-11-8-12-18-32)41(49-29-34-21-15-10-16-22-34)40(48-28-33-19-13-9-14-20-33)36(43)30-46-27-35-23-24-37(44-4)38(25-35)45-5/h8-25,36,39-41,43H,26-31H2,1-7H3/t36-,39+,40+,41+/m0/s1. The van der Waals surface area contributed by atoms with Crippen LogP contribution in [0, 0.1) is 0 Å². The lowest BCUT2D eigenvalue weighted by Gasteiger charge is -2.43. The van der Waals surface area contributed by atoms with E-state index < -0.39 is 32.7 Å². The third kappa shape index (κ3) is 12.6. The Morgan fingerprint density at radius 2 is 1.04 bits per heavy atom. The number of aliphatic hydroxyl groups excluding tert-OH is 1. The number of ether oxygens (including phenoxy) is 6. The van der Waals surface area contributed by atoms with Crippen molar-refractivity contribution in [1.82, 2.24) is 0 Å². The highest BCUT2D eigenvalue weighted by atomic mass is 28.4. The van der Waals surface area contributed by atoms with Crippen LogP contribution in [0.25, 0.3) is 0 Å². The number of benzene rings is 4. The van der Waals surface area contributed by atoms with E-state index >= 15 is 0 Å². The summed E-state index contributed by atoms with van der Waals surface area (Å²) >= 11 is 0. The van der Waals surface area contributed by atoms with Crippen molar-refractivity contribution >= 4 is 8.32 Å². The molecule has 0 spiro atoms. The molecule has 0 saturated heterocycles. The summed E-state index contributed by atoms with van der Waals surface area (Å²) in [4.78, 5) is 0. The first-order valence-electron chi connectivity index (χ1n) is 17.6. The minimum Gasteiger partial charge on any atom is -0.493 e. The van der Waals surface area contributed by atoms with Gasteiger partial charge in [-0.25, -0.2) is 0 Å². The molecular weight excluding hydrogens is 661 g/mol. The average molecular weight is 717 g/mol. The van der Waals surface area contributed by atoms with Crippen LogP contribution in [-0.2, 0) is 49.8 Å². The number of hydrogen-bond acceptors (Lipinski definition) is 8. The van der Waals surface area contributed by atoms with Crippen molar-refractivity contribution in [2.24, 2.45) is 0 Å². The largest absolute Gasteiger partial charge is 0.493 e. The van der Waals surface area contributed by atoms with Crippen LogP contribution >= 0.6 is 0 Å². The van der Waals surface area contributed by atoms with E-state index in [1.165, 1.54) is 0 Å². The second-order valence-electron chi connectivity index (χ2n) is 14.2. The van der Waals surface area contributed by atoms with Crippen molar-refractivity contribution in [1.29, 1.82) is 0 Å². The summed E-state index contributed by atoms with van der Waals surface area (Å²) in [6.07, 6.45) is -3.15. The van der Waals surface area contributed by atoms with E-state index in [9.17, 15) is 5.11 Å². The van der Waals surface area contributed by atoms with Gasteiger partial charge in [0.25, 0.3) is 0 Å². The molecule has 0 aliphatic heterocycles. The predicted octanol–water partition coefficient (Wildman–Crippen LogP) is 8.36. The molecule has 4 rings (SSSR count). The van der Waals surface area contributed by atoms with Gasteiger partial charge in [0.2, 0.25) is 0 Å². The highest BCUT2D eigenvalue weighted by molar-refractivity contribution is 6.74. The van der Waals surface area contributed by atoms with E-state index in [1.807, 2.05) is 109 Å². The van der Waals surface area contributed by atoms with Crippen molar-refractivity contribution in [3.63, 3.8) is 0 Å². The second kappa shape index (κ2) is 19.9. The molecule has 276 valence electrons. The highest BCUT2D eigenvalue weighted by Crippen LogP contribution is 2.38. The summed E-state index contributed by atoms with van der Waals surface area (Å²) in [7, 11) is 0.829. The molecule has 0 amide bonds. The fraction of sp³-hybridized carbons (Fsp3) is 0.429. The minimum atomic E-state index is -2.37. The van der Waals surface area contributed by atoms with E-state index in [0.717, 1.165) is 22.3 Å². The zero-order chi connectivity index (χ0) is 36.7. The average Bonchev–Trinajstić information content (AvgIpc) is 3.13. The Morgan fingerprint density at radius 1 is 0.569 bits per heavy atom. The Bertz CT molecular complexity index is 1550. The zero-order valence-corrected chi connectivity index (χ0v) is 32.2. The van der Waals surface area contributed by atoms with Crippen molar-refractivity contribution in [2.45, 2.75) is 89.7 Å². The first-order valence-corrected chi connectivity index (χ1v) is 20.5. The molecule has 0 heterocycles. The van der Waals surface area contributed by atoms with E-state index in [2.05, 4.69) is 33.9 Å². The van der Waals surface area contributed by atoms with Gasteiger partial charge in [0.05, 0.1) is 60.0 Å². The minimum absolute atomic E-state index is 0.00329. The van der Waals surface area contributed by atoms with Gasteiger partial charge in [-0.2, -0.15) is 0 Å². The van der Waals surface area contributed by atoms with Crippen LogP contribution < -0.4 is 9.47 Å². The van der Waals surface area contributed by atoms with Gasteiger partial charge in [-0.1, -0.05) is 118 Å². The van der Waals surface area contributed by atoms with Crippen molar-refractivity contribution in [2.75, 3.05) is 27.4 Å². The molecule has 4 atom stereocenters. The van der Waals surface area contributed by atoms with Gasteiger partial charge in [0.15, 0.2) is 19.8 Å². The van der Waals surface area contributed by atoms with Gasteiger partial charge >= 0.3 is 0 Å². The number of rotatable bonds is 21. The monoisotopic (exact) mass is 716 g/mol. The molecule has 0 bridgehead atoms. The maximum atomic E-state index is 12.0. The Morgan fingerprint density at radius 3 is 1.55 bits per heavy atom. The maximum absolute atomic E-state index is 12.0. The van der Waals surface area contributed by atoms with Crippen LogP contribution in [0.4, 0.5) is 0 Å². The zero-order valence-electron chi connectivity index (χ0n) is 31.2. The summed E-state index contributed by atoms with van der Waals surface area (Å²) < 4.78 is 43.9. The number of hydrogen-bond donors (Lipinski definition) is 1. The fourth-order valence-electron chi connectivity index (χ4n) is 5.35. The summed E-state index contributed by atoms with van der Waals surface area (Å²) in [5.41, 5.74) is 3.92. The van der Waals surface area contributed by atoms with Crippen LogP contribution in [-0.4, -0.2) is 65.3 Å². The lowest BCUT2D eigenvalue weighted by molar-refractivity contribution is -0.181. The van der Waals surface area contributed by atoms with Crippen LogP contribution in [0.3, 0.4) is 0 Å². The van der Waals surface area contributed by atoms with Gasteiger partial charge < -0.3 is 38.0 Å². The number of methoxy groups -OCH3 is 2. The first-order chi connectivity index (χ1) is 24.5. The molecule has 0 unspecified atom stereocenters. The number of aliphatic hydroxyl groups is 1. The lowest BCUT2D eigenvalue weighted by atomic mass is 10.0. The Hall–Kier alpha value is -3.54. The van der Waals surface area contributed by atoms with E-state index in [-0.39, 0.29) is 31.5 Å². The SMILES string of the molecule is COc1ccc(COC[C@H](O)[C@@H](OCc2ccccc2)[C@H](OCc2ccccc2)[C@@H](COCc2ccccc2)O[Si](C)(C)C(C)(C)C)cc1OC. The van der Waals surface area contributed by atoms with Gasteiger partial charge in [-0.15, -0.1) is 0 Å². The second-order valence-corrected chi connectivity index (χ2v) is 19.0. The van der Waals surface area contributed by atoms with Crippen LogP contribution in [0.5, 0.6) is 11.5 Å². The molecule has 0 aromatic heterocycles. The molecule has 0 aliphatic carbocycles. The summed E-state index contributed by atoms with van der Waals surface area (Å²) in [5, 5.41) is 11.9. The quantitative estimate of drug-likeness (QED) is 0.0862. The van der Waals surface area contributed by atoms with Crippen LogP contribution in [0.1, 0.15) is 43.0 Å². The molecule has 8 nitrogen and oxygen atoms in total. The molecule has 0 fully saturated rings. The Labute approximate surface area is 305 Å². The molecule has 0 radical (unpaired) electrons. The molecule has 4 aromatic carbocycles. The third-order valence-corrected chi connectivity index (χ3v) is 13.8. The smallest absolute Gasteiger partial charge is 0.192 e. The van der Waals surface area contributed by atoms with Crippen LogP contribution in [0.15, 0.2) is 109 Å². The molecule has 51 heavy (non-hydrogen) atoms. The van der Waals surface area contributed by atoms with Crippen molar-refractivity contribution < 1.29 is 38.0 Å². The molecule has 0 saturated carbocycles. The summed E-state index contributed by atoms with van der Waals surface area (Å²) in [6.45, 7) is 12.5. The van der Waals surface area contributed by atoms with E-state index in [1.54, 1.807) is 14.2 Å².